The quantitative estimate of drug-likeness (QED) is 0.613. The van der Waals surface area contributed by atoms with Gasteiger partial charge in [-0.15, -0.1) is 0 Å². The van der Waals surface area contributed by atoms with Gasteiger partial charge in [0, 0.05) is 20.7 Å². The van der Waals surface area contributed by atoms with E-state index in [9.17, 15) is 5.11 Å². The molecule has 1 rings (SSSR count). The molecular weight excluding hydrogens is 196 g/mol. The smallest absolute Gasteiger partial charge is 0.147 e. The lowest BCUT2D eigenvalue weighted by Crippen LogP contribution is -2.24. The Morgan fingerprint density at radius 2 is 2.20 bits per heavy atom. The average Bonchev–Trinajstić information content (AvgIpc) is 2.27. The number of anilines is 2. The predicted molar refractivity (Wildman–Crippen MR) is 58.0 cm³/mol. The molecule has 3 N–H and O–H groups in total. The van der Waals surface area contributed by atoms with Gasteiger partial charge in [-0.3, -0.25) is 4.98 Å². The molecule has 0 aliphatic rings. The van der Waals surface area contributed by atoms with E-state index in [4.69, 9.17) is 4.74 Å². The predicted octanol–water partition coefficient (Wildman–Crippen LogP) is -0.0625. The molecule has 0 bridgehead atoms. The number of nitrogens with one attached hydrogen (secondary N) is 2. The monoisotopic (exact) mass is 212 g/mol. The van der Waals surface area contributed by atoms with Crippen LogP contribution in [0.4, 0.5) is 11.6 Å². The molecule has 0 aliphatic heterocycles. The zero-order valence-electron chi connectivity index (χ0n) is 8.90. The molecule has 1 aromatic rings. The fourth-order valence-electron chi connectivity index (χ4n) is 1.05. The molecule has 0 aromatic carbocycles. The van der Waals surface area contributed by atoms with Gasteiger partial charge in [0.2, 0.25) is 0 Å². The molecular formula is C9H16N4O2. The Bertz CT molecular complexity index is 295. The van der Waals surface area contributed by atoms with E-state index in [2.05, 4.69) is 20.6 Å². The van der Waals surface area contributed by atoms with Crippen LogP contribution in [0.5, 0.6) is 0 Å². The minimum atomic E-state index is -0.546. The molecule has 0 aliphatic carbocycles. The summed E-state index contributed by atoms with van der Waals surface area (Å²) in [7, 11) is 3.32. The van der Waals surface area contributed by atoms with E-state index in [1.807, 2.05) is 0 Å². The largest absolute Gasteiger partial charge is 0.389 e. The first-order valence-electron chi connectivity index (χ1n) is 4.67. The highest BCUT2D eigenvalue weighted by Crippen LogP contribution is 2.05. The van der Waals surface area contributed by atoms with Crippen molar-refractivity contribution in [3.63, 3.8) is 0 Å². The van der Waals surface area contributed by atoms with Crippen LogP contribution in [0.2, 0.25) is 0 Å². The first-order valence-corrected chi connectivity index (χ1v) is 4.67. The van der Waals surface area contributed by atoms with Crippen LogP contribution in [-0.2, 0) is 4.74 Å². The third kappa shape index (κ3) is 4.09. The number of nitrogens with zero attached hydrogens (tertiary/aromatic N) is 2. The SMILES string of the molecule is CNc1cncc(NCC(O)COC)n1. The molecule has 15 heavy (non-hydrogen) atoms. The van der Waals surface area contributed by atoms with Crippen LogP contribution < -0.4 is 10.6 Å². The molecule has 1 unspecified atom stereocenters. The second-order valence-electron chi connectivity index (χ2n) is 3.03. The molecule has 0 saturated heterocycles. The fourth-order valence-corrected chi connectivity index (χ4v) is 1.05. The van der Waals surface area contributed by atoms with Crippen molar-refractivity contribution in [1.29, 1.82) is 0 Å². The number of aromatic nitrogens is 2. The fraction of sp³-hybridized carbons (Fsp3) is 0.556. The van der Waals surface area contributed by atoms with Crippen molar-refractivity contribution in [3.05, 3.63) is 12.4 Å². The Morgan fingerprint density at radius 3 is 2.87 bits per heavy atom. The summed E-state index contributed by atoms with van der Waals surface area (Å²) >= 11 is 0. The molecule has 1 aromatic heterocycles. The van der Waals surface area contributed by atoms with Gasteiger partial charge in [-0.1, -0.05) is 0 Å². The summed E-state index contributed by atoms with van der Waals surface area (Å²) in [5.41, 5.74) is 0. The maximum Gasteiger partial charge on any atom is 0.147 e. The molecule has 0 amide bonds. The Balaban J connectivity index is 2.43. The van der Waals surface area contributed by atoms with E-state index in [1.165, 1.54) is 0 Å². The summed E-state index contributed by atoms with van der Waals surface area (Å²) in [6, 6.07) is 0. The molecule has 6 heteroatoms. The van der Waals surface area contributed by atoms with Crippen molar-refractivity contribution in [1.82, 2.24) is 9.97 Å². The molecule has 1 heterocycles. The van der Waals surface area contributed by atoms with Crippen molar-refractivity contribution < 1.29 is 9.84 Å². The number of aliphatic hydroxyl groups excluding tert-OH is 1. The summed E-state index contributed by atoms with van der Waals surface area (Å²) in [5, 5.41) is 15.2. The maximum absolute atomic E-state index is 9.39. The second kappa shape index (κ2) is 6.15. The Morgan fingerprint density at radius 1 is 1.47 bits per heavy atom. The van der Waals surface area contributed by atoms with Gasteiger partial charge in [0.25, 0.3) is 0 Å². The van der Waals surface area contributed by atoms with Crippen LogP contribution in [-0.4, -0.2) is 48.5 Å². The highest BCUT2D eigenvalue weighted by atomic mass is 16.5. The first kappa shape index (κ1) is 11.7. The van der Waals surface area contributed by atoms with Gasteiger partial charge in [0.05, 0.1) is 25.1 Å². The minimum absolute atomic E-state index is 0.298. The second-order valence-corrected chi connectivity index (χ2v) is 3.03. The van der Waals surface area contributed by atoms with Crippen LogP contribution in [0.1, 0.15) is 0 Å². The van der Waals surface area contributed by atoms with Gasteiger partial charge in [-0.2, -0.15) is 0 Å². The lowest BCUT2D eigenvalue weighted by molar-refractivity contribution is 0.0727. The zero-order chi connectivity index (χ0) is 11.1. The van der Waals surface area contributed by atoms with Crippen molar-refractivity contribution in [2.24, 2.45) is 0 Å². The summed E-state index contributed by atoms with van der Waals surface area (Å²) in [4.78, 5) is 8.17. The average molecular weight is 212 g/mol. The van der Waals surface area contributed by atoms with Crippen molar-refractivity contribution >= 4 is 11.6 Å². The molecule has 0 saturated carbocycles. The van der Waals surface area contributed by atoms with Gasteiger partial charge in [-0.25, -0.2) is 4.98 Å². The number of hydrogen-bond donors (Lipinski definition) is 3. The van der Waals surface area contributed by atoms with Crippen LogP contribution in [0.3, 0.4) is 0 Å². The molecule has 0 radical (unpaired) electrons. The van der Waals surface area contributed by atoms with E-state index < -0.39 is 6.10 Å². The highest BCUT2D eigenvalue weighted by Gasteiger charge is 2.03. The Kier molecular flexibility index (Phi) is 4.79. The van der Waals surface area contributed by atoms with Crippen molar-refractivity contribution in [2.75, 3.05) is 37.9 Å². The molecule has 84 valence electrons. The van der Waals surface area contributed by atoms with Gasteiger partial charge in [-0.05, 0) is 0 Å². The summed E-state index contributed by atoms with van der Waals surface area (Å²) in [5.74, 6) is 1.30. The molecule has 1 atom stereocenters. The number of rotatable bonds is 6. The summed E-state index contributed by atoms with van der Waals surface area (Å²) in [6.45, 7) is 0.682. The molecule has 0 fully saturated rings. The number of aliphatic hydroxyl groups is 1. The van der Waals surface area contributed by atoms with Crippen LogP contribution >= 0.6 is 0 Å². The first-order chi connectivity index (χ1) is 7.26. The highest BCUT2D eigenvalue weighted by molar-refractivity contribution is 5.40. The van der Waals surface area contributed by atoms with Gasteiger partial charge in [0.15, 0.2) is 0 Å². The Labute approximate surface area is 88.7 Å². The number of methoxy groups -OCH3 is 1. The zero-order valence-corrected chi connectivity index (χ0v) is 8.90. The van der Waals surface area contributed by atoms with Crippen LogP contribution in [0.15, 0.2) is 12.4 Å². The van der Waals surface area contributed by atoms with Crippen molar-refractivity contribution in [3.8, 4) is 0 Å². The molecule has 0 spiro atoms. The third-order valence-electron chi connectivity index (χ3n) is 1.77. The minimum Gasteiger partial charge on any atom is -0.389 e. The number of ether oxygens (including phenoxy) is 1. The lowest BCUT2D eigenvalue weighted by atomic mass is 10.4. The van der Waals surface area contributed by atoms with E-state index in [1.54, 1.807) is 26.6 Å². The maximum atomic E-state index is 9.39. The third-order valence-corrected chi connectivity index (χ3v) is 1.77. The van der Waals surface area contributed by atoms with Gasteiger partial charge < -0.3 is 20.5 Å². The standard InChI is InChI=1S/C9H16N4O2/c1-10-8-4-11-5-9(13-8)12-3-7(14)6-15-2/h4-5,7,14H,3,6H2,1-2H3,(H2,10,12,13). The van der Waals surface area contributed by atoms with Gasteiger partial charge in [0.1, 0.15) is 11.6 Å². The van der Waals surface area contributed by atoms with E-state index in [-0.39, 0.29) is 0 Å². The summed E-state index contributed by atoms with van der Waals surface area (Å²) < 4.78 is 4.80. The van der Waals surface area contributed by atoms with E-state index >= 15 is 0 Å². The van der Waals surface area contributed by atoms with Crippen molar-refractivity contribution in [2.45, 2.75) is 6.10 Å². The van der Waals surface area contributed by atoms with E-state index in [0.717, 1.165) is 0 Å². The Hall–Kier alpha value is -1.40. The molecule has 6 nitrogen and oxygen atoms in total. The topological polar surface area (TPSA) is 79.3 Å². The van der Waals surface area contributed by atoms with Gasteiger partial charge >= 0.3 is 0 Å². The lowest BCUT2D eigenvalue weighted by Gasteiger charge is -2.11. The number of hydrogen-bond acceptors (Lipinski definition) is 6. The van der Waals surface area contributed by atoms with Crippen LogP contribution in [0, 0.1) is 0 Å². The normalized spacial score (nSPS) is 12.2. The van der Waals surface area contributed by atoms with Crippen LogP contribution in [0.25, 0.3) is 0 Å². The van der Waals surface area contributed by atoms with E-state index in [0.29, 0.717) is 24.8 Å². The summed E-state index contributed by atoms with van der Waals surface area (Å²) in [6.07, 6.45) is 2.67.